The van der Waals surface area contributed by atoms with Crippen LogP contribution in [0.1, 0.15) is 38.2 Å². The molecule has 4 rings (SSSR count). The molecule has 0 aliphatic heterocycles. The normalized spacial score (nSPS) is 10.8. The zero-order valence-corrected chi connectivity index (χ0v) is 16.6. The third kappa shape index (κ3) is 3.34. The molecule has 0 saturated heterocycles. The van der Waals surface area contributed by atoms with Crippen LogP contribution in [0, 0.1) is 12.3 Å². The predicted molar refractivity (Wildman–Crippen MR) is 114 cm³/mol. The number of carbonyl (C=O) groups is 2. The SMILES string of the molecule is CC(=O)c1cc(NC(=O)c2snnc2C)cc2[nH]c(-c3ccccc3)c(C=N)c12. The molecule has 4 aromatic rings. The molecule has 2 aromatic carbocycles. The summed E-state index contributed by atoms with van der Waals surface area (Å²) < 4.78 is 3.79. The van der Waals surface area contributed by atoms with Gasteiger partial charge in [0.1, 0.15) is 4.88 Å². The third-order valence-electron chi connectivity index (χ3n) is 4.64. The molecule has 0 bridgehead atoms. The van der Waals surface area contributed by atoms with Crippen molar-refractivity contribution in [2.24, 2.45) is 0 Å². The highest BCUT2D eigenvalue weighted by molar-refractivity contribution is 7.08. The van der Waals surface area contributed by atoms with E-state index in [9.17, 15) is 9.59 Å². The summed E-state index contributed by atoms with van der Waals surface area (Å²) in [4.78, 5) is 28.7. The van der Waals surface area contributed by atoms with Gasteiger partial charge in [0.25, 0.3) is 5.91 Å². The minimum Gasteiger partial charge on any atom is -0.354 e. The van der Waals surface area contributed by atoms with Gasteiger partial charge in [0.15, 0.2) is 5.78 Å². The maximum Gasteiger partial charge on any atom is 0.269 e. The van der Waals surface area contributed by atoms with E-state index < -0.39 is 0 Å². The smallest absolute Gasteiger partial charge is 0.269 e. The lowest BCUT2D eigenvalue weighted by molar-refractivity contribution is 0.101. The highest BCUT2D eigenvalue weighted by Crippen LogP contribution is 2.34. The van der Waals surface area contributed by atoms with Crippen LogP contribution in [0.5, 0.6) is 0 Å². The average Bonchev–Trinajstić information content (AvgIpc) is 3.31. The molecule has 2 aromatic heterocycles. The van der Waals surface area contributed by atoms with Crippen molar-refractivity contribution in [2.45, 2.75) is 13.8 Å². The van der Waals surface area contributed by atoms with Crippen LogP contribution in [-0.4, -0.2) is 32.5 Å². The third-order valence-corrected chi connectivity index (χ3v) is 5.47. The first-order valence-electron chi connectivity index (χ1n) is 8.86. The molecule has 0 saturated carbocycles. The van der Waals surface area contributed by atoms with Gasteiger partial charge in [0.2, 0.25) is 0 Å². The summed E-state index contributed by atoms with van der Waals surface area (Å²) in [6.45, 7) is 3.19. The van der Waals surface area contributed by atoms with Crippen molar-refractivity contribution in [3.8, 4) is 11.3 Å². The Morgan fingerprint density at radius 3 is 2.59 bits per heavy atom. The van der Waals surface area contributed by atoms with E-state index in [1.54, 1.807) is 19.1 Å². The van der Waals surface area contributed by atoms with Crippen LogP contribution in [0.3, 0.4) is 0 Å². The Bertz CT molecular complexity index is 1260. The van der Waals surface area contributed by atoms with Gasteiger partial charge in [-0.3, -0.25) is 9.59 Å². The number of H-pyrrole nitrogens is 1. The second-order valence-corrected chi connectivity index (χ2v) is 7.32. The summed E-state index contributed by atoms with van der Waals surface area (Å²) in [6.07, 6.45) is 1.25. The number of Topliss-reactive ketones (excluding diaryl/α,β-unsaturated/α-hetero) is 1. The summed E-state index contributed by atoms with van der Waals surface area (Å²) in [6, 6.07) is 13.0. The highest BCUT2D eigenvalue weighted by atomic mass is 32.1. The van der Waals surface area contributed by atoms with E-state index in [1.807, 2.05) is 30.3 Å². The molecule has 7 nitrogen and oxygen atoms in total. The van der Waals surface area contributed by atoms with Crippen LogP contribution in [0.15, 0.2) is 42.5 Å². The standard InChI is InChI=1S/C21H17N5O2S/c1-11-20(29-26-25-11)21(28)23-14-8-15(12(2)27)18-16(10-22)19(24-17(18)9-14)13-6-4-3-5-7-13/h3-10,22,24H,1-2H3,(H,23,28). The van der Waals surface area contributed by atoms with E-state index in [-0.39, 0.29) is 11.7 Å². The topological polar surface area (TPSA) is 112 Å². The Hall–Kier alpha value is -3.65. The van der Waals surface area contributed by atoms with E-state index in [2.05, 4.69) is 19.9 Å². The highest BCUT2D eigenvalue weighted by Gasteiger charge is 2.20. The van der Waals surface area contributed by atoms with Crippen molar-refractivity contribution in [1.29, 1.82) is 5.41 Å². The van der Waals surface area contributed by atoms with E-state index in [1.165, 1.54) is 13.1 Å². The minimum atomic E-state index is -0.325. The Morgan fingerprint density at radius 2 is 1.97 bits per heavy atom. The van der Waals surface area contributed by atoms with Crippen LogP contribution in [0.4, 0.5) is 5.69 Å². The van der Waals surface area contributed by atoms with Crippen molar-refractivity contribution >= 4 is 46.0 Å². The largest absolute Gasteiger partial charge is 0.354 e. The monoisotopic (exact) mass is 403 g/mol. The zero-order chi connectivity index (χ0) is 20.5. The van der Waals surface area contributed by atoms with Gasteiger partial charge in [-0.15, -0.1) is 5.10 Å². The fourth-order valence-corrected chi connectivity index (χ4v) is 3.86. The summed E-state index contributed by atoms with van der Waals surface area (Å²) >= 11 is 1.02. The quantitative estimate of drug-likeness (QED) is 0.338. The van der Waals surface area contributed by atoms with Gasteiger partial charge >= 0.3 is 0 Å². The number of aromatic nitrogens is 3. The second kappa shape index (κ2) is 7.40. The molecule has 3 N–H and O–H groups in total. The molecule has 0 fully saturated rings. The van der Waals surface area contributed by atoms with Crippen molar-refractivity contribution in [3.05, 3.63) is 64.2 Å². The van der Waals surface area contributed by atoms with Crippen molar-refractivity contribution in [2.75, 3.05) is 5.32 Å². The molecule has 144 valence electrons. The fourth-order valence-electron chi connectivity index (χ4n) is 3.31. The lowest BCUT2D eigenvalue weighted by Crippen LogP contribution is -2.12. The molecule has 0 spiro atoms. The Kier molecular flexibility index (Phi) is 4.77. The Labute approximate surface area is 170 Å². The number of nitrogens with zero attached hydrogens (tertiary/aromatic N) is 2. The molecule has 0 aliphatic carbocycles. The zero-order valence-electron chi connectivity index (χ0n) is 15.7. The predicted octanol–water partition coefficient (Wildman–Crippen LogP) is 4.45. The molecule has 29 heavy (non-hydrogen) atoms. The number of benzene rings is 2. The summed E-state index contributed by atoms with van der Waals surface area (Å²) in [5, 5.41) is 15.3. The van der Waals surface area contributed by atoms with Gasteiger partial charge in [-0.1, -0.05) is 34.8 Å². The molecule has 8 heteroatoms. The number of hydrogen-bond acceptors (Lipinski definition) is 6. The van der Waals surface area contributed by atoms with Crippen LogP contribution in [0.2, 0.25) is 0 Å². The molecule has 0 aliphatic rings. The van der Waals surface area contributed by atoms with E-state index in [4.69, 9.17) is 5.41 Å². The van der Waals surface area contributed by atoms with E-state index in [0.717, 1.165) is 22.8 Å². The van der Waals surface area contributed by atoms with Gasteiger partial charge in [-0.05, 0) is 43.1 Å². The molecule has 0 radical (unpaired) electrons. The first kappa shape index (κ1) is 18.7. The maximum atomic E-state index is 12.6. The summed E-state index contributed by atoms with van der Waals surface area (Å²) in [7, 11) is 0. The van der Waals surface area contributed by atoms with Crippen LogP contribution in [0.25, 0.3) is 22.2 Å². The van der Waals surface area contributed by atoms with Crippen molar-refractivity contribution in [3.63, 3.8) is 0 Å². The van der Waals surface area contributed by atoms with Crippen LogP contribution >= 0.6 is 11.5 Å². The van der Waals surface area contributed by atoms with Gasteiger partial charge in [-0.2, -0.15) is 0 Å². The number of carbonyl (C=O) groups excluding carboxylic acids is 2. The van der Waals surface area contributed by atoms with Gasteiger partial charge in [0.05, 0.1) is 11.4 Å². The lowest BCUT2D eigenvalue weighted by Gasteiger charge is -2.08. The van der Waals surface area contributed by atoms with E-state index in [0.29, 0.717) is 38.3 Å². The molecular weight excluding hydrogens is 386 g/mol. The number of amides is 1. The molecule has 2 heterocycles. The van der Waals surface area contributed by atoms with E-state index >= 15 is 0 Å². The molecule has 1 amide bonds. The minimum absolute atomic E-state index is 0.150. The second-order valence-electron chi connectivity index (χ2n) is 6.57. The first-order chi connectivity index (χ1) is 14.0. The molecule has 0 atom stereocenters. The fraction of sp³-hybridized carbons (Fsp3) is 0.0952. The first-order valence-corrected chi connectivity index (χ1v) is 9.63. The number of aryl methyl sites for hydroxylation is 1. The summed E-state index contributed by atoms with van der Waals surface area (Å²) in [5.74, 6) is -0.475. The number of fused-ring (bicyclic) bond motifs is 1. The Balaban J connectivity index is 1.87. The van der Waals surface area contributed by atoms with Crippen LogP contribution < -0.4 is 5.32 Å². The van der Waals surface area contributed by atoms with Gasteiger partial charge in [0, 0.05) is 33.9 Å². The molecular formula is C21H17N5O2S. The van der Waals surface area contributed by atoms with Crippen LogP contribution in [-0.2, 0) is 0 Å². The summed E-state index contributed by atoms with van der Waals surface area (Å²) in [5.41, 5.74) is 4.45. The van der Waals surface area contributed by atoms with Crippen molar-refractivity contribution < 1.29 is 9.59 Å². The molecule has 0 unspecified atom stereocenters. The Morgan fingerprint density at radius 1 is 1.21 bits per heavy atom. The van der Waals surface area contributed by atoms with Crippen molar-refractivity contribution in [1.82, 2.24) is 14.6 Å². The number of rotatable bonds is 5. The number of nitrogens with one attached hydrogen (secondary N) is 3. The number of hydrogen-bond donors (Lipinski definition) is 3. The van der Waals surface area contributed by atoms with Gasteiger partial charge in [-0.25, -0.2) is 0 Å². The number of aromatic amines is 1. The maximum absolute atomic E-state index is 12.6. The lowest BCUT2D eigenvalue weighted by atomic mass is 9.99. The van der Waals surface area contributed by atoms with Gasteiger partial charge < -0.3 is 15.7 Å². The number of ketones is 1. The average molecular weight is 403 g/mol. The number of anilines is 1.